The van der Waals surface area contributed by atoms with Crippen LogP contribution in [0.2, 0.25) is 0 Å². The van der Waals surface area contributed by atoms with Crippen LogP contribution in [-0.2, 0) is 0 Å². The number of aryl methyl sites for hydroxylation is 1. The Hall–Kier alpha value is -2.61. The second-order valence-electron chi connectivity index (χ2n) is 3.61. The molecule has 2 aromatic rings. The molecule has 5 nitrogen and oxygen atoms in total. The van der Waals surface area contributed by atoms with Crippen LogP contribution in [0.4, 0.5) is 0 Å². The summed E-state index contributed by atoms with van der Waals surface area (Å²) in [5, 5.41) is 21.9. The predicted octanol–water partition coefficient (Wildman–Crippen LogP) is 1.75. The average molecular weight is 227 g/mol. The maximum absolute atomic E-state index is 10.8. The summed E-state index contributed by atoms with van der Waals surface area (Å²) < 4.78 is 1.56. The van der Waals surface area contributed by atoms with Gasteiger partial charge in [0.1, 0.15) is 6.07 Å². The number of aromatic carboxylic acids is 1. The molecule has 0 aliphatic carbocycles. The molecule has 0 radical (unpaired) electrons. The highest BCUT2D eigenvalue weighted by molar-refractivity contribution is 5.88. The van der Waals surface area contributed by atoms with Gasteiger partial charge in [0.05, 0.1) is 23.0 Å². The van der Waals surface area contributed by atoms with E-state index in [1.165, 1.54) is 12.1 Å². The Morgan fingerprint density at radius 2 is 2.29 bits per heavy atom. The van der Waals surface area contributed by atoms with Gasteiger partial charge in [0, 0.05) is 6.20 Å². The van der Waals surface area contributed by atoms with Gasteiger partial charge in [-0.05, 0) is 30.7 Å². The second kappa shape index (κ2) is 4.10. The van der Waals surface area contributed by atoms with Crippen molar-refractivity contribution in [3.05, 3.63) is 47.3 Å². The lowest BCUT2D eigenvalue weighted by Crippen LogP contribution is -2.02. The van der Waals surface area contributed by atoms with Gasteiger partial charge in [-0.1, -0.05) is 0 Å². The van der Waals surface area contributed by atoms with Crippen LogP contribution in [0.1, 0.15) is 21.5 Å². The molecule has 1 heterocycles. The number of hydrogen-bond donors (Lipinski definition) is 1. The summed E-state index contributed by atoms with van der Waals surface area (Å²) in [6, 6.07) is 6.35. The van der Waals surface area contributed by atoms with E-state index in [-0.39, 0.29) is 11.1 Å². The summed E-state index contributed by atoms with van der Waals surface area (Å²) in [5.41, 5.74) is 1.92. The van der Waals surface area contributed by atoms with E-state index in [1.54, 1.807) is 23.1 Å². The van der Waals surface area contributed by atoms with E-state index in [9.17, 15) is 4.79 Å². The fraction of sp³-hybridized carbons (Fsp3) is 0.0833. The van der Waals surface area contributed by atoms with E-state index in [4.69, 9.17) is 10.4 Å². The van der Waals surface area contributed by atoms with Gasteiger partial charge in [0.2, 0.25) is 0 Å². The molecule has 0 saturated heterocycles. The summed E-state index contributed by atoms with van der Waals surface area (Å²) >= 11 is 0. The molecule has 0 bridgehead atoms. The number of carboxylic acid groups (broad SMARTS) is 1. The number of nitrogens with zero attached hydrogens (tertiary/aromatic N) is 3. The normalized spacial score (nSPS) is 9.88. The number of aromatic nitrogens is 2. The first-order valence-electron chi connectivity index (χ1n) is 4.91. The molecule has 0 amide bonds. The van der Waals surface area contributed by atoms with Crippen LogP contribution in [0.3, 0.4) is 0 Å². The van der Waals surface area contributed by atoms with E-state index in [0.29, 0.717) is 5.69 Å². The molecule has 2 rings (SSSR count). The summed E-state index contributed by atoms with van der Waals surface area (Å²) in [6.45, 7) is 1.89. The van der Waals surface area contributed by atoms with Crippen LogP contribution >= 0.6 is 0 Å². The fourth-order valence-electron chi connectivity index (χ4n) is 1.50. The van der Waals surface area contributed by atoms with E-state index >= 15 is 0 Å². The van der Waals surface area contributed by atoms with Crippen molar-refractivity contribution in [2.75, 3.05) is 0 Å². The van der Waals surface area contributed by atoms with Crippen molar-refractivity contribution in [2.45, 2.75) is 6.92 Å². The van der Waals surface area contributed by atoms with Crippen molar-refractivity contribution in [1.29, 1.82) is 5.26 Å². The minimum Gasteiger partial charge on any atom is -0.478 e. The summed E-state index contributed by atoms with van der Waals surface area (Å²) in [6.07, 6.45) is 3.45. The topological polar surface area (TPSA) is 78.9 Å². The van der Waals surface area contributed by atoms with E-state index in [2.05, 4.69) is 5.10 Å². The van der Waals surface area contributed by atoms with Crippen molar-refractivity contribution < 1.29 is 9.90 Å². The molecule has 5 heteroatoms. The number of hydrogen-bond acceptors (Lipinski definition) is 3. The Morgan fingerprint density at radius 1 is 1.53 bits per heavy atom. The van der Waals surface area contributed by atoms with Crippen LogP contribution in [-0.4, -0.2) is 20.9 Å². The van der Waals surface area contributed by atoms with Crippen LogP contribution in [0.15, 0.2) is 30.6 Å². The molecular formula is C12H9N3O2. The lowest BCUT2D eigenvalue weighted by atomic mass is 10.1. The van der Waals surface area contributed by atoms with Gasteiger partial charge in [-0.15, -0.1) is 0 Å². The molecule has 1 N–H and O–H groups in total. The summed E-state index contributed by atoms with van der Waals surface area (Å²) in [5.74, 6) is -1.05. The Kier molecular flexibility index (Phi) is 2.63. The zero-order chi connectivity index (χ0) is 12.4. The molecule has 84 valence electrons. The highest BCUT2D eigenvalue weighted by atomic mass is 16.4. The SMILES string of the molecule is Cc1cnn(-c2ccc(C(=O)O)cc2C#N)c1. The van der Waals surface area contributed by atoms with E-state index in [0.717, 1.165) is 5.56 Å². The van der Waals surface area contributed by atoms with Gasteiger partial charge in [-0.3, -0.25) is 0 Å². The van der Waals surface area contributed by atoms with Crippen LogP contribution < -0.4 is 0 Å². The molecule has 0 spiro atoms. The lowest BCUT2D eigenvalue weighted by Gasteiger charge is -2.04. The Bertz CT molecular complexity index is 623. The highest BCUT2D eigenvalue weighted by Gasteiger charge is 2.10. The van der Waals surface area contributed by atoms with Crippen molar-refractivity contribution >= 4 is 5.97 Å². The first-order valence-corrected chi connectivity index (χ1v) is 4.91. The van der Waals surface area contributed by atoms with Gasteiger partial charge in [-0.2, -0.15) is 10.4 Å². The first kappa shape index (κ1) is 10.9. The maximum atomic E-state index is 10.8. The number of carboxylic acids is 1. The molecule has 0 fully saturated rings. The van der Waals surface area contributed by atoms with Gasteiger partial charge >= 0.3 is 5.97 Å². The average Bonchev–Trinajstić information content (AvgIpc) is 2.74. The third kappa shape index (κ3) is 2.01. The van der Waals surface area contributed by atoms with E-state index < -0.39 is 5.97 Å². The fourth-order valence-corrected chi connectivity index (χ4v) is 1.50. The third-order valence-corrected chi connectivity index (χ3v) is 2.32. The maximum Gasteiger partial charge on any atom is 0.335 e. The van der Waals surface area contributed by atoms with Crippen LogP contribution in [0.5, 0.6) is 0 Å². The molecular weight excluding hydrogens is 218 g/mol. The predicted molar refractivity (Wildman–Crippen MR) is 60.0 cm³/mol. The third-order valence-electron chi connectivity index (χ3n) is 2.32. The molecule has 17 heavy (non-hydrogen) atoms. The number of carbonyl (C=O) groups is 1. The molecule has 0 atom stereocenters. The highest BCUT2D eigenvalue weighted by Crippen LogP contribution is 2.16. The van der Waals surface area contributed by atoms with Crippen LogP contribution in [0, 0.1) is 18.3 Å². The Balaban J connectivity index is 2.56. The lowest BCUT2D eigenvalue weighted by molar-refractivity contribution is 0.0697. The summed E-state index contributed by atoms with van der Waals surface area (Å²) in [4.78, 5) is 10.8. The van der Waals surface area contributed by atoms with Crippen molar-refractivity contribution in [1.82, 2.24) is 9.78 Å². The molecule has 0 saturated carbocycles. The van der Waals surface area contributed by atoms with Crippen molar-refractivity contribution in [3.8, 4) is 11.8 Å². The molecule has 1 aromatic heterocycles. The Labute approximate surface area is 97.5 Å². The summed E-state index contributed by atoms with van der Waals surface area (Å²) in [7, 11) is 0. The largest absolute Gasteiger partial charge is 0.478 e. The van der Waals surface area contributed by atoms with E-state index in [1.807, 2.05) is 13.0 Å². The molecule has 0 aliphatic heterocycles. The molecule has 0 aliphatic rings. The first-order chi connectivity index (χ1) is 8.11. The van der Waals surface area contributed by atoms with Gasteiger partial charge in [-0.25, -0.2) is 9.48 Å². The molecule has 1 aromatic carbocycles. The van der Waals surface area contributed by atoms with Gasteiger partial charge in [0.15, 0.2) is 0 Å². The standard InChI is InChI=1S/C12H9N3O2/c1-8-6-14-15(7-8)11-3-2-9(12(16)17)4-10(11)5-13/h2-4,6-7H,1H3,(H,16,17). The number of benzene rings is 1. The van der Waals surface area contributed by atoms with Crippen molar-refractivity contribution in [3.63, 3.8) is 0 Å². The van der Waals surface area contributed by atoms with Crippen molar-refractivity contribution in [2.24, 2.45) is 0 Å². The quantitative estimate of drug-likeness (QED) is 0.847. The zero-order valence-corrected chi connectivity index (χ0v) is 9.08. The minimum absolute atomic E-state index is 0.0918. The monoisotopic (exact) mass is 227 g/mol. The van der Waals surface area contributed by atoms with Gasteiger partial charge in [0.25, 0.3) is 0 Å². The van der Waals surface area contributed by atoms with Gasteiger partial charge < -0.3 is 5.11 Å². The Morgan fingerprint density at radius 3 is 2.82 bits per heavy atom. The molecule has 0 unspecified atom stereocenters. The minimum atomic E-state index is -1.05. The second-order valence-corrected chi connectivity index (χ2v) is 3.61. The number of nitriles is 1. The smallest absolute Gasteiger partial charge is 0.335 e. The zero-order valence-electron chi connectivity index (χ0n) is 9.08. The number of rotatable bonds is 2. The van der Waals surface area contributed by atoms with Crippen LogP contribution in [0.25, 0.3) is 5.69 Å².